The molecule has 57 heavy (non-hydrogen) atoms. The number of anilines is 6. The maximum Gasteiger partial charge on any atom is 0.354 e. The van der Waals surface area contributed by atoms with Gasteiger partial charge in [-0.3, -0.25) is 36.1 Å². The van der Waals surface area contributed by atoms with Gasteiger partial charge in [-0.1, -0.05) is 12.1 Å². The number of carboxylic acid groups (broad SMARTS) is 1. The largest absolute Gasteiger partial charge is 0.477 e. The monoisotopic (exact) mass is 819 g/mol. The van der Waals surface area contributed by atoms with Crippen molar-refractivity contribution in [3.05, 3.63) is 84.4 Å². The van der Waals surface area contributed by atoms with Crippen molar-refractivity contribution in [2.24, 2.45) is 5.84 Å². The summed E-state index contributed by atoms with van der Waals surface area (Å²) in [6.07, 6.45) is 4.91. The lowest BCUT2D eigenvalue weighted by molar-refractivity contribution is 0.0690. The maximum absolute atomic E-state index is 13.0. The van der Waals surface area contributed by atoms with Crippen molar-refractivity contribution in [1.82, 2.24) is 29.8 Å². The van der Waals surface area contributed by atoms with Crippen molar-refractivity contribution < 1.29 is 24.3 Å². The summed E-state index contributed by atoms with van der Waals surface area (Å²) in [5.41, 5.74) is 1.97. The van der Waals surface area contributed by atoms with E-state index in [1.54, 1.807) is 78.8 Å². The molecule has 0 saturated carbocycles. The van der Waals surface area contributed by atoms with E-state index in [2.05, 4.69) is 40.4 Å². The highest BCUT2D eigenvalue weighted by Gasteiger charge is 2.42. The van der Waals surface area contributed by atoms with Crippen LogP contribution >= 0.6 is 27.0 Å². The van der Waals surface area contributed by atoms with Gasteiger partial charge in [0.1, 0.15) is 17.3 Å². The number of pyridine rings is 4. The normalized spacial score (nSPS) is 16.8. The van der Waals surface area contributed by atoms with Crippen molar-refractivity contribution in [1.29, 1.82) is 0 Å². The van der Waals surface area contributed by atoms with Gasteiger partial charge in [0.2, 0.25) is 0 Å². The summed E-state index contributed by atoms with van der Waals surface area (Å²) in [7, 11) is 7.24. The molecule has 20 heteroatoms. The van der Waals surface area contributed by atoms with Crippen molar-refractivity contribution in [3.8, 4) is 0 Å². The first-order valence-corrected chi connectivity index (χ1v) is 17.8. The summed E-state index contributed by atoms with van der Waals surface area (Å²) >= 11 is 0. The van der Waals surface area contributed by atoms with Crippen LogP contribution in [0.5, 0.6) is 0 Å². The van der Waals surface area contributed by atoms with Gasteiger partial charge in [0.15, 0.2) is 23.1 Å². The van der Waals surface area contributed by atoms with Gasteiger partial charge in [-0.15, -0.1) is 0 Å². The van der Waals surface area contributed by atoms with Gasteiger partial charge < -0.3 is 19.8 Å². The Morgan fingerprint density at radius 2 is 1.16 bits per heavy atom. The van der Waals surface area contributed by atoms with E-state index in [-0.39, 0.29) is 69.2 Å². The molecule has 2 saturated heterocycles. The van der Waals surface area contributed by atoms with Crippen molar-refractivity contribution in [3.63, 3.8) is 0 Å². The van der Waals surface area contributed by atoms with Gasteiger partial charge in [0.25, 0.3) is 0 Å². The number of hydrazine groups is 1. The van der Waals surface area contributed by atoms with Crippen LogP contribution in [-0.4, -0.2) is 132 Å². The number of hydrogen-bond acceptors (Lipinski definition) is 13. The number of rotatable bonds is 6. The minimum atomic E-state index is -1.11. The standard InChI is InChI=1S/C19H22N6O2.C16H15N5O3.C2H8N2.2H2S/c1-23(2)12-16(26)14-6-7-15-18(21-14)25(13-8-10-24(15)11-13)19(27)22-17-5-3-4-9-20-17;22-15(23)11-4-5-12-14(18-11)21(10-6-8-20(12)9-10)16(24)19-13-3-1-2-7-17-13;1-4(2)3;;/h3-7,9,13H,8,10-12H2,1-2H3,(H,20,22,27);1-5,7,10H,6,8-9H2,(H,22,23)(H,17,19,24);3H2,1-2H3;2*1H2/t13-;10-;;;/m00.../s1. The van der Waals surface area contributed by atoms with Gasteiger partial charge in [-0.05, 0) is 75.5 Å². The van der Waals surface area contributed by atoms with E-state index in [0.29, 0.717) is 29.0 Å². The van der Waals surface area contributed by atoms with Crippen LogP contribution in [0.2, 0.25) is 0 Å². The Morgan fingerprint density at radius 1 is 0.719 bits per heavy atom. The molecule has 2 fully saturated rings. The molecule has 18 nitrogen and oxygen atoms in total. The predicted molar refractivity (Wildman–Crippen MR) is 230 cm³/mol. The molecule has 0 unspecified atom stereocenters. The minimum Gasteiger partial charge on any atom is -0.477 e. The molecule has 304 valence electrons. The van der Waals surface area contributed by atoms with E-state index in [1.165, 1.54) is 11.1 Å². The van der Waals surface area contributed by atoms with Gasteiger partial charge in [0.05, 0.1) is 30.0 Å². The Kier molecular flexibility index (Phi) is 15.2. The van der Waals surface area contributed by atoms with Gasteiger partial charge >= 0.3 is 18.0 Å². The van der Waals surface area contributed by atoms with Crippen LogP contribution < -0.4 is 36.1 Å². The SMILES string of the molecule is CN(C)CC(=O)c1ccc2c(n1)N(C(=O)Nc1ccccn1)[C@H]1CCN2C1.CN(C)N.O=C(O)c1ccc2c(n1)N(C(=O)Nc1ccccn1)[C@H]1CCN2C1.S.S. The average molecular weight is 820 g/mol. The first-order chi connectivity index (χ1) is 26.4. The molecule has 4 amide bonds. The lowest BCUT2D eigenvalue weighted by Gasteiger charge is -2.35. The molecular formula is C37H49N13O5S2. The molecule has 8 heterocycles. The molecule has 0 radical (unpaired) electrons. The number of amides is 4. The molecule has 4 aliphatic rings. The highest BCUT2D eigenvalue weighted by molar-refractivity contribution is 7.59. The second kappa shape index (κ2) is 19.6. The number of likely N-dealkylation sites (N-methyl/N-ethyl adjacent to an activating group) is 1. The Labute approximate surface area is 344 Å². The molecule has 4 aromatic rings. The third kappa shape index (κ3) is 10.5. The summed E-state index contributed by atoms with van der Waals surface area (Å²) in [4.78, 5) is 75.9. The van der Waals surface area contributed by atoms with Gasteiger partial charge in [-0.25, -0.2) is 34.3 Å². The number of Topliss-reactive ketones (excluding diaryl/α,β-unsaturated/α-hetero) is 1. The third-order valence-corrected chi connectivity index (χ3v) is 9.11. The highest BCUT2D eigenvalue weighted by atomic mass is 32.1. The van der Waals surface area contributed by atoms with Crippen molar-refractivity contribution in [2.75, 3.05) is 91.1 Å². The fraction of sp³-hybridized carbons (Fsp3) is 0.351. The number of carbonyl (C=O) groups is 4. The van der Waals surface area contributed by atoms with Crippen LogP contribution in [0.3, 0.4) is 0 Å². The molecule has 5 N–H and O–H groups in total. The van der Waals surface area contributed by atoms with Crippen LogP contribution in [0, 0.1) is 0 Å². The Hall–Kier alpha value is -5.54. The maximum atomic E-state index is 13.0. The molecule has 0 spiro atoms. The summed E-state index contributed by atoms with van der Waals surface area (Å²) in [5.74, 6) is 5.62. The number of carbonyl (C=O) groups excluding carboxylic acids is 3. The molecule has 2 atom stereocenters. The number of fused-ring (bicyclic) bond motifs is 8. The molecule has 4 bridgehead atoms. The zero-order chi connectivity index (χ0) is 39.2. The van der Waals surface area contributed by atoms with Crippen molar-refractivity contribution in [2.45, 2.75) is 24.9 Å². The third-order valence-electron chi connectivity index (χ3n) is 9.11. The van der Waals surface area contributed by atoms with E-state index >= 15 is 0 Å². The zero-order valence-corrected chi connectivity index (χ0v) is 34.2. The lowest BCUT2D eigenvalue weighted by atomic mass is 10.1. The van der Waals surface area contributed by atoms with E-state index in [9.17, 15) is 24.3 Å². The quantitative estimate of drug-likeness (QED) is 0.125. The molecule has 8 rings (SSSR count). The second-order valence-electron chi connectivity index (χ2n) is 13.8. The highest BCUT2D eigenvalue weighted by Crippen LogP contribution is 2.40. The number of nitrogens with zero attached hydrogens (tertiary/aromatic N) is 10. The van der Waals surface area contributed by atoms with E-state index in [0.717, 1.165) is 50.4 Å². The fourth-order valence-corrected chi connectivity index (χ4v) is 6.80. The number of urea groups is 2. The zero-order valence-electron chi connectivity index (χ0n) is 32.2. The predicted octanol–water partition coefficient (Wildman–Crippen LogP) is 3.30. The number of nitrogens with two attached hydrogens (primary N) is 1. The van der Waals surface area contributed by atoms with E-state index in [4.69, 9.17) is 5.84 Å². The Bertz CT molecular complexity index is 2030. The molecule has 0 aromatic carbocycles. The summed E-state index contributed by atoms with van der Waals surface area (Å²) < 4.78 is 0. The van der Waals surface area contributed by atoms with E-state index in [1.807, 2.05) is 31.1 Å². The van der Waals surface area contributed by atoms with Crippen LogP contribution in [0.25, 0.3) is 0 Å². The molecule has 0 aliphatic carbocycles. The summed E-state index contributed by atoms with van der Waals surface area (Å²) in [6, 6.07) is 16.8. The van der Waals surface area contributed by atoms with Crippen LogP contribution in [0.1, 0.15) is 33.8 Å². The summed E-state index contributed by atoms with van der Waals surface area (Å²) in [6.45, 7) is 3.46. The first-order valence-electron chi connectivity index (χ1n) is 17.8. The molecule has 4 aromatic heterocycles. The minimum absolute atomic E-state index is 0. The topological polar surface area (TPSA) is 210 Å². The molecular weight excluding hydrogens is 771 g/mol. The van der Waals surface area contributed by atoms with Crippen LogP contribution in [0.15, 0.2) is 73.1 Å². The van der Waals surface area contributed by atoms with E-state index < -0.39 is 5.97 Å². The summed E-state index contributed by atoms with van der Waals surface area (Å²) in [5, 5.41) is 16.3. The number of ketones is 1. The fourth-order valence-electron chi connectivity index (χ4n) is 6.80. The Morgan fingerprint density at radius 3 is 1.56 bits per heavy atom. The number of aromatic nitrogens is 4. The number of nitrogens with one attached hydrogen (secondary N) is 2. The first kappa shape index (κ1) is 44.2. The Balaban J connectivity index is 0.000000225. The van der Waals surface area contributed by atoms with Crippen molar-refractivity contribution >= 4 is 85.5 Å². The second-order valence-corrected chi connectivity index (χ2v) is 13.8. The number of aromatic carboxylic acids is 1. The number of carboxylic acids is 1. The van der Waals surface area contributed by atoms with Gasteiger partial charge in [0, 0.05) is 52.7 Å². The van der Waals surface area contributed by atoms with Crippen LogP contribution in [0.4, 0.5) is 44.2 Å². The molecule has 4 aliphatic heterocycles. The average Bonchev–Trinajstić information content (AvgIpc) is 3.77. The van der Waals surface area contributed by atoms with Crippen LogP contribution in [-0.2, 0) is 0 Å². The number of hydrogen-bond donors (Lipinski definition) is 4. The smallest absolute Gasteiger partial charge is 0.354 e. The lowest BCUT2D eigenvalue weighted by Crippen LogP contribution is -2.48. The van der Waals surface area contributed by atoms with Gasteiger partial charge in [-0.2, -0.15) is 27.0 Å².